The molecule has 0 bridgehead atoms. The molecular weight excluding hydrogens is 140 g/mol. The van der Waals surface area contributed by atoms with Crippen LogP contribution >= 0.6 is 0 Å². The smallest absolute Gasteiger partial charge is 0.135 e. The molecule has 0 heterocycles. The van der Waals surface area contributed by atoms with Gasteiger partial charge in [0.05, 0.1) is 6.10 Å². The molecule has 0 aromatic rings. The summed E-state index contributed by atoms with van der Waals surface area (Å²) in [5.74, 6) is 0.801. The molecule has 1 aliphatic rings. The molecule has 1 unspecified atom stereocenters. The summed E-state index contributed by atoms with van der Waals surface area (Å²) < 4.78 is 0. The van der Waals surface area contributed by atoms with Gasteiger partial charge in [0.15, 0.2) is 0 Å². The number of Topliss-reactive ketones (excluding diaryl/α,β-unsaturated/α-hetero) is 1. The zero-order valence-electron chi connectivity index (χ0n) is 7.05. The van der Waals surface area contributed by atoms with Crippen LogP contribution in [0.4, 0.5) is 0 Å². The first kappa shape index (κ1) is 8.72. The first-order valence-corrected chi connectivity index (χ1v) is 4.41. The number of rotatable bonds is 5. The fourth-order valence-electron chi connectivity index (χ4n) is 1.18. The fraction of sp³-hybridized carbons (Fsp3) is 0.889. The van der Waals surface area contributed by atoms with E-state index in [2.05, 4.69) is 0 Å². The Bertz CT molecular complexity index is 136. The van der Waals surface area contributed by atoms with Crippen LogP contribution in [0.3, 0.4) is 0 Å². The van der Waals surface area contributed by atoms with Crippen molar-refractivity contribution in [1.29, 1.82) is 0 Å². The summed E-state index contributed by atoms with van der Waals surface area (Å²) in [7, 11) is 0. The standard InChI is InChI=1S/C9H16O2/c1-7(10)3-2-4-9(11)8-5-6-8/h7-8,10H,2-6H2,1H3. The van der Waals surface area contributed by atoms with E-state index in [0.29, 0.717) is 18.1 Å². The van der Waals surface area contributed by atoms with Gasteiger partial charge in [-0.3, -0.25) is 4.79 Å². The van der Waals surface area contributed by atoms with Gasteiger partial charge in [0.25, 0.3) is 0 Å². The second kappa shape index (κ2) is 3.86. The van der Waals surface area contributed by atoms with E-state index in [1.54, 1.807) is 6.92 Å². The van der Waals surface area contributed by atoms with Crippen LogP contribution < -0.4 is 0 Å². The molecule has 1 rings (SSSR count). The largest absolute Gasteiger partial charge is 0.393 e. The normalized spacial score (nSPS) is 19.8. The van der Waals surface area contributed by atoms with E-state index in [0.717, 1.165) is 25.7 Å². The fourth-order valence-corrected chi connectivity index (χ4v) is 1.18. The van der Waals surface area contributed by atoms with E-state index in [9.17, 15) is 4.79 Å². The van der Waals surface area contributed by atoms with E-state index in [-0.39, 0.29) is 6.10 Å². The average molecular weight is 156 g/mol. The summed E-state index contributed by atoms with van der Waals surface area (Å²) in [6.07, 6.45) is 4.25. The lowest BCUT2D eigenvalue weighted by Crippen LogP contribution is -2.04. The maximum absolute atomic E-state index is 11.1. The Kier molecular flexibility index (Phi) is 3.06. The van der Waals surface area contributed by atoms with Crippen molar-refractivity contribution in [2.45, 2.75) is 45.1 Å². The molecule has 0 spiro atoms. The molecule has 2 heteroatoms. The lowest BCUT2D eigenvalue weighted by molar-refractivity contribution is -0.120. The van der Waals surface area contributed by atoms with E-state index < -0.39 is 0 Å². The van der Waals surface area contributed by atoms with E-state index >= 15 is 0 Å². The summed E-state index contributed by atoms with van der Waals surface area (Å²) in [6.45, 7) is 1.77. The Morgan fingerprint density at radius 3 is 2.73 bits per heavy atom. The van der Waals surface area contributed by atoms with Crippen LogP contribution in [0, 0.1) is 5.92 Å². The Morgan fingerprint density at radius 1 is 1.64 bits per heavy atom. The lowest BCUT2D eigenvalue weighted by atomic mass is 10.1. The number of aliphatic hydroxyl groups excluding tert-OH is 1. The van der Waals surface area contributed by atoms with E-state index in [1.807, 2.05) is 0 Å². The zero-order valence-corrected chi connectivity index (χ0v) is 7.05. The third-order valence-corrected chi connectivity index (χ3v) is 2.08. The van der Waals surface area contributed by atoms with Crippen LogP contribution in [0.25, 0.3) is 0 Å². The highest BCUT2D eigenvalue weighted by atomic mass is 16.3. The molecule has 0 aliphatic heterocycles. The summed E-state index contributed by atoms with van der Waals surface area (Å²) in [5, 5.41) is 8.91. The third-order valence-electron chi connectivity index (χ3n) is 2.08. The Morgan fingerprint density at radius 2 is 2.27 bits per heavy atom. The average Bonchev–Trinajstić information content (AvgIpc) is 2.66. The van der Waals surface area contributed by atoms with E-state index in [4.69, 9.17) is 5.11 Å². The molecule has 1 N–H and O–H groups in total. The minimum Gasteiger partial charge on any atom is -0.393 e. The Balaban J connectivity index is 1.97. The van der Waals surface area contributed by atoms with Gasteiger partial charge in [-0.05, 0) is 32.6 Å². The molecule has 0 amide bonds. The number of ketones is 1. The van der Waals surface area contributed by atoms with Crippen molar-refractivity contribution in [3.05, 3.63) is 0 Å². The van der Waals surface area contributed by atoms with Crippen molar-refractivity contribution in [1.82, 2.24) is 0 Å². The topological polar surface area (TPSA) is 37.3 Å². The Hall–Kier alpha value is -0.370. The first-order chi connectivity index (χ1) is 5.20. The van der Waals surface area contributed by atoms with Gasteiger partial charge in [-0.25, -0.2) is 0 Å². The maximum atomic E-state index is 11.1. The monoisotopic (exact) mass is 156 g/mol. The third kappa shape index (κ3) is 3.51. The van der Waals surface area contributed by atoms with Crippen molar-refractivity contribution in [2.24, 2.45) is 5.92 Å². The lowest BCUT2D eigenvalue weighted by Gasteiger charge is -2.01. The summed E-state index contributed by atoms with van der Waals surface area (Å²) in [6, 6.07) is 0. The summed E-state index contributed by atoms with van der Waals surface area (Å²) in [5.41, 5.74) is 0. The van der Waals surface area contributed by atoms with Crippen LogP contribution in [0.5, 0.6) is 0 Å². The number of aliphatic hydroxyl groups is 1. The molecule has 64 valence electrons. The number of hydrogen-bond donors (Lipinski definition) is 1. The van der Waals surface area contributed by atoms with Gasteiger partial charge in [0.2, 0.25) is 0 Å². The predicted molar refractivity (Wildman–Crippen MR) is 43.3 cm³/mol. The molecule has 1 fully saturated rings. The minimum atomic E-state index is -0.248. The van der Waals surface area contributed by atoms with Gasteiger partial charge < -0.3 is 5.11 Å². The maximum Gasteiger partial charge on any atom is 0.135 e. The predicted octanol–water partition coefficient (Wildman–Crippen LogP) is 1.52. The second-order valence-corrected chi connectivity index (χ2v) is 3.48. The molecular formula is C9H16O2. The molecule has 1 saturated carbocycles. The molecule has 1 atom stereocenters. The minimum absolute atomic E-state index is 0.248. The number of hydrogen-bond acceptors (Lipinski definition) is 2. The van der Waals surface area contributed by atoms with Crippen LogP contribution in [0.2, 0.25) is 0 Å². The second-order valence-electron chi connectivity index (χ2n) is 3.48. The zero-order chi connectivity index (χ0) is 8.27. The quantitative estimate of drug-likeness (QED) is 0.655. The number of carbonyl (C=O) groups excluding carboxylic acids is 1. The van der Waals surface area contributed by atoms with Gasteiger partial charge in [-0.1, -0.05) is 0 Å². The van der Waals surface area contributed by atoms with Crippen molar-refractivity contribution >= 4 is 5.78 Å². The van der Waals surface area contributed by atoms with Gasteiger partial charge in [-0.15, -0.1) is 0 Å². The molecule has 2 nitrogen and oxygen atoms in total. The van der Waals surface area contributed by atoms with Crippen LogP contribution in [-0.4, -0.2) is 17.0 Å². The van der Waals surface area contributed by atoms with Crippen molar-refractivity contribution in [2.75, 3.05) is 0 Å². The van der Waals surface area contributed by atoms with Crippen LogP contribution in [-0.2, 0) is 4.79 Å². The van der Waals surface area contributed by atoms with Gasteiger partial charge >= 0.3 is 0 Å². The van der Waals surface area contributed by atoms with Crippen molar-refractivity contribution < 1.29 is 9.90 Å². The summed E-state index contributed by atoms with van der Waals surface area (Å²) in [4.78, 5) is 11.1. The molecule has 0 radical (unpaired) electrons. The van der Waals surface area contributed by atoms with Crippen LogP contribution in [0.15, 0.2) is 0 Å². The van der Waals surface area contributed by atoms with Crippen molar-refractivity contribution in [3.8, 4) is 0 Å². The molecule has 11 heavy (non-hydrogen) atoms. The SMILES string of the molecule is CC(O)CCCC(=O)C1CC1. The van der Waals surface area contributed by atoms with Gasteiger partial charge in [0, 0.05) is 12.3 Å². The molecule has 0 aromatic heterocycles. The van der Waals surface area contributed by atoms with E-state index in [1.165, 1.54) is 0 Å². The van der Waals surface area contributed by atoms with Gasteiger partial charge in [0.1, 0.15) is 5.78 Å². The van der Waals surface area contributed by atoms with Crippen LogP contribution in [0.1, 0.15) is 39.0 Å². The Labute approximate surface area is 67.6 Å². The highest BCUT2D eigenvalue weighted by Crippen LogP contribution is 2.31. The highest BCUT2D eigenvalue weighted by Gasteiger charge is 2.28. The first-order valence-electron chi connectivity index (χ1n) is 4.41. The molecule has 1 aliphatic carbocycles. The summed E-state index contributed by atoms with van der Waals surface area (Å²) >= 11 is 0. The highest BCUT2D eigenvalue weighted by molar-refractivity contribution is 5.82. The van der Waals surface area contributed by atoms with Gasteiger partial charge in [-0.2, -0.15) is 0 Å². The molecule has 0 saturated heterocycles. The number of carbonyl (C=O) groups is 1. The molecule has 0 aromatic carbocycles. The van der Waals surface area contributed by atoms with Crippen molar-refractivity contribution in [3.63, 3.8) is 0 Å².